The molecule has 0 aromatic carbocycles. The maximum absolute atomic E-state index is 8.36. The molecular weight excluding hydrogens is 154 g/mol. The summed E-state index contributed by atoms with van der Waals surface area (Å²) < 4.78 is 0. The fraction of sp³-hybridized carbons (Fsp3) is 0.889. The SMILES string of the molecule is CCN1CCCC(C)C1.O=CO. The Hall–Kier alpha value is -0.570. The Kier molecular flexibility index (Phi) is 6.76. The highest BCUT2D eigenvalue weighted by Gasteiger charge is 2.13. The van der Waals surface area contributed by atoms with E-state index in [4.69, 9.17) is 9.90 Å². The first kappa shape index (κ1) is 11.4. The maximum atomic E-state index is 8.36. The van der Waals surface area contributed by atoms with Crippen LogP contribution in [0.1, 0.15) is 26.7 Å². The van der Waals surface area contributed by atoms with Crippen molar-refractivity contribution in [3.8, 4) is 0 Å². The van der Waals surface area contributed by atoms with Crippen LogP contribution < -0.4 is 0 Å². The lowest BCUT2D eigenvalue weighted by molar-refractivity contribution is -0.122. The van der Waals surface area contributed by atoms with Gasteiger partial charge in [0, 0.05) is 6.54 Å². The van der Waals surface area contributed by atoms with Gasteiger partial charge in [-0.05, 0) is 31.8 Å². The van der Waals surface area contributed by atoms with E-state index in [9.17, 15) is 0 Å². The van der Waals surface area contributed by atoms with Crippen LogP contribution in [-0.4, -0.2) is 36.1 Å². The lowest BCUT2D eigenvalue weighted by Gasteiger charge is -2.29. The van der Waals surface area contributed by atoms with Crippen molar-refractivity contribution >= 4 is 6.47 Å². The summed E-state index contributed by atoms with van der Waals surface area (Å²) in [7, 11) is 0. The zero-order chi connectivity index (χ0) is 9.40. The second kappa shape index (κ2) is 7.10. The van der Waals surface area contributed by atoms with Gasteiger partial charge < -0.3 is 10.0 Å². The molecular formula is C9H19NO2. The van der Waals surface area contributed by atoms with Gasteiger partial charge in [-0.15, -0.1) is 0 Å². The van der Waals surface area contributed by atoms with E-state index >= 15 is 0 Å². The molecule has 1 saturated heterocycles. The second-order valence-corrected chi connectivity index (χ2v) is 3.25. The third-order valence-electron chi connectivity index (χ3n) is 2.19. The Bertz CT molecular complexity index is 117. The Morgan fingerprint density at radius 2 is 2.25 bits per heavy atom. The zero-order valence-electron chi connectivity index (χ0n) is 7.99. The van der Waals surface area contributed by atoms with Gasteiger partial charge in [-0.3, -0.25) is 4.79 Å². The quantitative estimate of drug-likeness (QED) is 0.610. The average molecular weight is 173 g/mol. The topological polar surface area (TPSA) is 40.5 Å². The number of carbonyl (C=O) groups is 1. The van der Waals surface area contributed by atoms with Crippen LogP contribution in [0.4, 0.5) is 0 Å². The van der Waals surface area contributed by atoms with E-state index in [1.807, 2.05) is 0 Å². The number of rotatable bonds is 1. The molecule has 0 aliphatic carbocycles. The van der Waals surface area contributed by atoms with Crippen molar-refractivity contribution in [2.45, 2.75) is 26.7 Å². The van der Waals surface area contributed by atoms with Crippen molar-refractivity contribution < 1.29 is 9.90 Å². The normalized spacial score (nSPS) is 24.0. The minimum Gasteiger partial charge on any atom is -0.483 e. The predicted molar refractivity (Wildman–Crippen MR) is 49.2 cm³/mol. The molecule has 1 fully saturated rings. The van der Waals surface area contributed by atoms with Gasteiger partial charge in [0.25, 0.3) is 6.47 Å². The molecule has 0 bridgehead atoms. The molecule has 3 nitrogen and oxygen atoms in total. The van der Waals surface area contributed by atoms with Gasteiger partial charge in [0.1, 0.15) is 0 Å². The fourth-order valence-corrected chi connectivity index (χ4v) is 1.57. The summed E-state index contributed by atoms with van der Waals surface area (Å²) >= 11 is 0. The number of carboxylic acid groups (broad SMARTS) is 1. The Morgan fingerprint density at radius 1 is 1.67 bits per heavy atom. The molecule has 1 N–H and O–H groups in total. The van der Waals surface area contributed by atoms with Gasteiger partial charge in [0.15, 0.2) is 0 Å². The number of hydrogen-bond donors (Lipinski definition) is 1. The Balaban J connectivity index is 0.000000354. The summed E-state index contributed by atoms with van der Waals surface area (Å²) in [5.74, 6) is 0.943. The zero-order valence-corrected chi connectivity index (χ0v) is 7.99. The average Bonchev–Trinajstić information content (AvgIpc) is 2.06. The monoisotopic (exact) mass is 173 g/mol. The van der Waals surface area contributed by atoms with Crippen LogP contribution in [0.2, 0.25) is 0 Å². The van der Waals surface area contributed by atoms with Gasteiger partial charge >= 0.3 is 0 Å². The molecule has 1 aliphatic rings. The van der Waals surface area contributed by atoms with Crippen molar-refractivity contribution in [3.05, 3.63) is 0 Å². The van der Waals surface area contributed by atoms with Gasteiger partial charge in [-0.2, -0.15) is 0 Å². The molecule has 0 spiro atoms. The molecule has 0 radical (unpaired) electrons. The first-order valence-corrected chi connectivity index (χ1v) is 4.54. The van der Waals surface area contributed by atoms with Crippen molar-refractivity contribution in [2.24, 2.45) is 5.92 Å². The van der Waals surface area contributed by atoms with Gasteiger partial charge in [-0.25, -0.2) is 0 Å². The summed E-state index contributed by atoms with van der Waals surface area (Å²) in [5.41, 5.74) is 0. The summed E-state index contributed by atoms with van der Waals surface area (Å²) in [6, 6.07) is 0. The van der Waals surface area contributed by atoms with Crippen LogP contribution in [0.5, 0.6) is 0 Å². The molecule has 3 heteroatoms. The van der Waals surface area contributed by atoms with Crippen molar-refractivity contribution in [3.63, 3.8) is 0 Å². The van der Waals surface area contributed by atoms with Gasteiger partial charge in [0.05, 0.1) is 0 Å². The molecule has 12 heavy (non-hydrogen) atoms. The minimum atomic E-state index is -0.250. The molecule has 1 heterocycles. The molecule has 1 atom stereocenters. The smallest absolute Gasteiger partial charge is 0.290 e. The summed E-state index contributed by atoms with van der Waals surface area (Å²) in [4.78, 5) is 10.9. The number of nitrogens with zero attached hydrogens (tertiary/aromatic N) is 1. The highest BCUT2D eigenvalue weighted by molar-refractivity contribution is 5.32. The lowest BCUT2D eigenvalue weighted by Crippen LogP contribution is -2.33. The third-order valence-corrected chi connectivity index (χ3v) is 2.19. The first-order chi connectivity index (χ1) is 5.74. The maximum Gasteiger partial charge on any atom is 0.290 e. The number of piperidine rings is 1. The van der Waals surface area contributed by atoms with E-state index < -0.39 is 0 Å². The molecule has 1 aliphatic heterocycles. The van der Waals surface area contributed by atoms with E-state index in [1.54, 1.807) is 0 Å². The van der Waals surface area contributed by atoms with E-state index in [0.29, 0.717) is 0 Å². The molecule has 0 amide bonds. The van der Waals surface area contributed by atoms with Crippen LogP contribution in [0.3, 0.4) is 0 Å². The largest absolute Gasteiger partial charge is 0.483 e. The third kappa shape index (κ3) is 5.13. The molecule has 1 unspecified atom stereocenters. The predicted octanol–water partition coefficient (Wildman–Crippen LogP) is 1.44. The van der Waals surface area contributed by atoms with E-state index in [-0.39, 0.29) is 6.47 Å². The lowest BCUT2D eigenvalue weighted by atomic mass is 10.0. The second-order valence-electron chi connectivity index (χ2n) is 3.25. The highest BCUT2D eigenvalue weighted by Crippen LogP contribution is 2.14. The summed E-state index contributed by atoms with van der Waals surface area (Å²) in [5, 5.41) is 6.89. The van der Waals surface area contributed by atoms with Gasteiger partial charge in [0.2, 0.25) is 0 Å². The van der Waals surface area contributed by atoms with E-state index in [1.165, 1.54) is 32.5 Å². The molecule has 0 saturated carbocycles. The molecule has 72 valence electrons. The van der Waals surface area contributed by atoms with Crippen LogP contribution in [0.25, 0.3) is 0 Å². The Labute approximate surface area is 74.4 Å². The van der Waals surface area contributed by atoms with E-state index in [2.05, 4.69) is 18.7 Å². The van der Waals surface area contributed by atoms with Crippen LogP contribution in [0.15, 0.2) is 0 Å². The van der Waals surface area contributed by atoms with Crippen LogP contribution >= 0.6 is 0 Å². The summed E-state index contributed by atoms with van der Waals surface area (Å²) in [6.45, 7) is 8.25. The van der Waals surface area contributed by atoms with Crippen LogP contribution in [-0.2, 0) is 4.79 Å². The number of hydrogen-bond acceptors (Lipinski definition) is 2. The van der Waals surface area contributed by atoms with Crippen LogP contribution in [0, 0.1) is 5.92 Å². The summed E-state index contributed by atoms with van der Waals surface area (Å²) in [6.07, 6.45) is 2.85. The van der Waals surface area contributed by atoms with Crippen molar-refractivity contribution in [1.82, 2.24) is 4.90 Å². The molecule has 0 aromatic rings. The van der Waals surface area contributed by atoms with Crippen molar-refractivity contribution in [2.75, 3.05) is 19.6 Å². The molecule has 1 rings (SSSR count). The van der Waals surface area contributed by atoms with E-state index in [0.717, 1.165) is 5.92 Å². The fourth-order valence-electron chi connectivity index (χ4n) is 1.57. The molecule has 0 aromatic heterocycles. The minimum absolute atomic E-state index is 0.250. The van der Waals surface area contributed by atoms with Crippen molar-refractivity contribution in [1.29, 1.82) is 0 Å². The first-order valence-electron chi connectivity index (χ1n) is 4.54. The van der Waals surface area contributed by atoms with Gasteiger partial charge in [-0.1, -0.05) is 13.8 Å². The number of likely N-dealkylation sites (tertiary alicyclic amines) is 1. The standard InChI is InChI=1S/C8H17N.CH2O2/c1-3-9-6-4-5-8(2)7-9;2-1-3/h8H,3-7H2,1-2H3;1H,(H,2,3). The highest BCUT2D eigenvalue weighted by atomic mass is 16.3. The Morgan fingerprint density at radius 3 is 2.58 bits per heavy atom.